The summed E-state index contributed by atoms with van der Waals surface area (Å²) in [5.74, 6) is -0.695. The summed E-state index contributed by atoms with van der Waals surface area (Å²) in [5, 5.41) is 14.8. The molecule has 11 heteroatoms. The predicted octanol–water partition coefficient (Wildman–Crippen LogP) is 6.51. The largest absolute Gasteiger partial charge is 0.453 e. The van der Waals surface area contributed by atoms with Gasteiger partial charge in [0.1, 0.15) is 17.1 Å². The highest BCUT2D eigenvalue weighted by Gasteiger charge is 2.29. The Labute approximate surface area is 239 Å². The highest BCUT2D eigenvalue weighted by Crippen LogP contribution is 2.43. The molecule has 1 saturated carbocycles. The Morgan fingerprint density at radius 2 is 1.86 bits per heavy atom. The standard InChI is InChI=1S/C31H28F2N6O3/c1-2-18-5-3-4-6-22(18)28-27-26(14-15-34-29(27)38-37-28)42-25-12-9-20(17-24(25)33)36-30(40)23-13-16-35-39(31(23)41)21-10-7-19(32)8-11-21/h7-18,22H,2-6H2,1H3,(H,36,40)(H,34,37,38)/t18?,22-/m1/s1. The number of rotatable bonds is 7. The van der Waals surface area contributed by atoms with Crippen molar-refractivity contribution >= 4 is 22.6 Å². The molecule has 0 spiro atoms. The third kappa shape index (κ3) is 5.25. The molecule has 2 atom stereocenters. The van der Waals surface area contributed by atoms with Crippen LogP contribution in [-0.2, 0) is 0 Å². The summed E-state index contributed by atoms with van der Waals surface area (Å²) < 4.78 is 35.6. The molecule has 3 heterocycles. The van der Waals surface area contributed by atoms with Crippen LogP contribution in [0.5, 0.6) is 11.5 Å². The molecular weight excluding hydrogens is 542 g/mol. The first-order valence-corrected chi connectivity index (χ1v) is 13.9. The number of pyridine rings is 1. The van der Waals surface area contributed by atoms with Gasteiger partial charge in [0, 0.05) is 30.1 Å². The zero-order chi connectivity index (χ0) is 29.2. The maximum Gasteiger partial charge on any atom is 0.284 e. The number of hydrogen-bond donors (Lipinski definition) is 2. The molecule has 3 aromatic heterocycles. The number of carbonyl (C=O) groups is 1. The number of aromatic nitrogens is 5. The molecule has 1 unspecified atom stereocenters. The third-order valence-electron chi connectivity index (χ3n) is 7.82. The minimum atomic E-state index is -0.747. The van der Waals surface area contributed by atoms with E-state index in [4.69, 9.17) is 4.74 Å². The van der Waals surface area contributed by atoms with Crippen molar-refractivity contribution in [3.63, 3.8) is 0 Å². The second-order valence-corrected chi connectivity index (χ2v) is 10.3. The van der Waals surface area contributed by atoms with Crippen molar-refractivity contribution in [2.24, 2.45) is 5.92 Å². The summed E-state index contributed by atoms with van der Waals surface area (Å²) in [6, 6.07) is 12.1. The number of carbonyl (C=O) groups excluding carboxylic acids is 1. The van der Waals surface area contributed by atoms with E-state index in [-0.39, 0.29) is 17.0 Å². The average Bonchev–Trinajstić information content (AvgIpc) is 3.44. The van der Waals surface area contributed by atoms with Crippen molar-refractivity contribution in [3.05, 3.63) is 100 Å². The zero-order valence-electron chi connectivity index (χ0n) is 22.8. The van der Waals surface area contributed by atoms with Crippen LogP contribution in [0.1, 0.15) is 61.0 Å². The minimum absolute atomic E-state index is 0.0362. The second kappa shape index (κ2) is 11.5. The molecule has 1 aliphatic rings. The SMILES string of the molecule is CCC1CCCC[C@H]1c1[nH]nc2nccc(Oc3ccc(NC(=O)c4ccnn(-c5ccc(F)cc5)c4=O)cc3F)c12. The van der Waals surface area contributed by atoms with Gasteiger partial charge in [0.25, 0.3) is 11.5 Å². The lowest BCUT2D eigenvalue weighted by Gasteiger charge is -2.30. The fraction of sp³-hybridized carbons (Fsp3) is 0.258. The highest BCUT2D eigenvalue weighted by molar-refractivity contribution is 6.04. The van der Waals surface area contributed by atoms with Gasteiger partial charge >= 0.3 is 0 Å². The minimum Gasteiger partial charge on any atom is -0.453 e. The first-order chi connectivity index (χ1) is 20.4. The van der Waals surface area contributed by atoms with Gasteiger partial charge in [0.15, 0.2) is 17.2 Å². The predicted molar refractivity (Wildman–Crippen MR) is 153 cm³/mol. The number of anilines is 1. The summed E-state index contributed by atoms with van der Waals surface area (Å²) >= 11 is 0. The summed E-state index contributed by atoms with van der Waals surface area (Å²) in [5.41, 5.74) is 0.982. The maximum atomic E-state index is 15.3. The van der Waals surface area contributed by atoms with Crippen LogP contribution in [0.15, 0.2) is 71.8 Å². The lowest BCUT2D eigenvalue weighted by molar-refractivity contribution is 0.102. The number of benzene rings is 2. The number of ether oxygens (including phenoxy) is 1. The van der Waals surface area contributed by atoms with Gasteiger partial charge in [0.2, 0.25) is 0 Å². The topological polar surface area (TPSA) is 115 Å². The van der Waals surface area contributed by atoms with Crippen LogP contribution >= 0.6 is 0 Å². The maximum absolute atomic E-state index is 15.3. The molecule has 2 N–H and O–H groups in total. The summed E-state index contributed by atoms with van der Waals surface area (Å²) in [4.78, 5) is 30.2. The normalized spacial score (nSPS) is 16.8. The van der Waals surface area contributed by atoms with E-state index in [0.29, 0.717) is 28.9 Å². The first kappa shape index (κ1) is 27.3. The van der Waals surface area contributed by atoms with E-state index < -0.39 is 23.1 Å². The van der Waals surface area contributed by atoms with Crippen LogP contribution in [0.25, 0.3) is 16.7 Å². The molecule has 1 aliphatic carbocycles. The number of H-pyrrole nitrogens is 1. The number of halogens is 2. The lowest BCUT2D eigenvalue weighted by atomic mass is 9.75. The molecule has 1 amide bonds. The van der Waals surface area contributed by atoms with Gasteiger partial charge in [-0.1, -0.05) is 26.2 Å². The molecule has 0 saturated heterocycles. The summed E-state index contributed by atoms with van der Waals surface area (Å²) in [6.45, 7) is 2.20. The molecule has 0 aliphatic heterocycles. The monoisotopic (exact) mass is 570 g/mol. The number of nitrogens with one attached hydrogen (secondary N) is 2. The Morgan fingerprint density at radius 3 is 2.64 bits per heavy atom. The molecule has 1 fully saturated rings. The molecule has 2 aromatic carbocycles. The Hall–Kier alpha value is -4.93. The number of nitrogens with zero attached hydrogens (tertiary/aromatic N) is 4. The van der Waals surface area contributed by atoms with Crippen LogP contribution < -0.4 is 15.6 Å². The van der Waals surface area contributed by atoms with Gasteiger partial charge < -0.3 is 10.1 Å². The van der Waals surface area contributed by atoms with Crippen LogP contribution in [0.2, 0.25) is 0 Å². The van der Waals surface area contributed by atoms with E-state index >= 15 is 4.39 Å². The van der Waals surface area contributed by atoms with Gasteiger partial charge in [-0.2, -0.15) is 14.9 Å². The molecule has 5 aromatic rings. The van der Waals surface area contributed by atoms with Crippen molar-refractivity contribution < 1.29 is 18.3 Å². The van der Waals surface area contributed by atoms with Crippen molar-refractivity contribution in [2.75, 3.05) is 5.32 Å². The van der Waals surface area contributed by atoms with Crippen molar-refractivity contribution in [2.45, 2.75) is 44.9 Å². The van der Waals surface area contributed by atoms with Gasteiger partial charge in [-0.05, 0) is 67.3 Å². The van der Waals surface area contributed by atoms with Gasteiger partial charge in [-0.25, -0.2) is 13.8 Å². The summed E-state index contributed by atoms with van der Waals surface area (Å²) in [6.07, 6.45) is 8.46. The zero-order valence-corrected chi connectivity index (χ0v) is 22.8. The quantitative estimate of drug-likeness (QED) is 0.231. The molecule has 6 rings (SSSR count). The van der Waals surface area contributed by atoms with E-state index in [9.17, 15) is 14.0 Å². The van der Waals surface area contributed by atoms with Crippen molar-refractivity contribution in [1.29, 1.82) is 0 Å². The third-order valence-corrected chi connectivity index (χ3v) is 7.82. The Bertz CT molecular complexity index is 1820. The molecular formula is C31H28F2N6O3. The highest BCUT2D eigenvalue weighted by atomic mass is 19.1. The van der Waals surface area contributed by atoms with Crippen LogP contribution in [0.4, 0.5) is 14.5 Å². The number of hydrogen-bond acceptors (Lipinski definition) is 6. The van der Waals surface area contributed by atoms with E-state index in [0.717, 1.165) is 47.5 Å². The lowest BCUT2D eigenvalue weighted by Crippen LogP contribution is -2.29. The number of fused-ring (bicyclic) bond motifs is 1. The van der Waals surface area contributed by atoms with Gasteiger partial charge in [-0.3, -0.25) is 14.7 Å². The molecule has 9 nitrogen and oxygen atoms in total. The smallest absolute Gasteiger partial charge is 0.284 e. The van der Waals surface area contributed by atoms with Crippen LogP contribution in [-0.4, -0.2) is 30.9 Å². The fourth-order valence-electron chi connectivity index (χ4n) is 5.70. The van der Waals surface area contributed by atoms with E-state index in [1.165, 1.54) is 55.1 Å². The van der Waals surface area contributed by atoms with Crippen LogP contribution in [0, 0.1) is 17.6 Å². The Balaban J connectivity index is 1.23. The van der Waals surface area contributed by atoms with Crippen molar-refractivity contribution in [3.8, 4) is 17.2 Å². The van der Waals surface area contributed by atoms with Gasteiger partial charge in [0.05, 0.1) is 16.8 Å². The Morgan fingerprint density at radius 1 is 1.05 bits per heavy atom. The fourth-order valence-corrected chi connectivity index (χ4v) is 5.70. The van der Waals surface area contributed by atoms with Crippen molar-refractivity contribution in [1.82, 2.24) is 25.0 Å². The van der Waals surface area contributed by atoms with Crippen LogP contribution in [0.3, 0.4) is 0 Å². The molecule has 42 heavy (non-hydrogen) atoms. The summed E-state index contributed by atoms with van der Waals surface area (Å²) in [7, 11) is 0. The number of aromatic amines is 1. The number of amides is 1. The van der Waals surface area contributed by atoms with E-state index in [2.05, 4.69) is 32.5 Å². The average molecular weight is 571 g/mol. The molecule has 0 bridgehead atoms. The second-order valence-electron chi connectivity index (χ2n) is 10.3. The first-order valence-electron chi connectivity index (χ1n) is 13.9. The Kier molecular flexibility index (Phi) is 7.47. The molecule has 214 valence electrons. The molecule has 0 radical (unpaired) electrons. The van der Waals surface area contributed by atoms with E-state index in [1.807, 2.05) is 0 Å². The van der Waals surface area contributed by atoms with E-state index in [1.54, 1.807) is 12.3 Å². The van der Waals surface area contributed by atoms with Gasteiger partial charge in [-0.15, -0.1) is 0 Å².